The molecule has 0 saturated carbocycles. The standard InChI is InChI=1S/C18H20N4O2S/c1-19-18(20-9-10-23-15-6-3-2-4-7-15)21-12-14-13-24-17(22-14)16-8-5-11-25-16/h2-8,11,13H,9-10,12H2,1H3,(H2,19,20,21). The SMILES string of the molecule is CN=C(NCCOc1ccccc1)NCc1coc(-c2cccs2)n1. The molecule has 0 fully saturated rings. The van der Waals surface area contributed by atoms with Crippen LogP contribution in [0.25, 0.3) is 10.8 Å². The van der Waals surface area contributed by atoms with Crippen molar-refractivity contribution in [2.45, 2.75) is 6.54 Å². The number of thiophene rings is 1. The second-order valence-corrected chi connectivity index (χ2v) is 6.08. The largest absolute Gasteiger partial charge is 0.492 e. The molecule has 0 aliphatic heterocycles. The molecular formula is C18H20N4O2S. The van der Waals surface area contributed by atoms with E-state index in [1.54, 1.807) is 24.6 Å². The number of nitrogens with zero attached hydrogens (tertiary/aromatic N) is 2. The van der Waals surface area contributed by atoms with E-state index in [2.05, 4.69) is 20.6 Å². The van der Waals surface area contributed by atoms with Gasteiger partial charge in [-0.2, -0.15) is 0 Å². The fraction of sp³-hybridized carbons (Fsp3) is 0.222. The van der Waals surface area contributed by atoms with E-state index in [0.717, 1.165) is 16.3 Å². The van der Waals surface area contributed by atoms with E-state index >= 15 is 0 Å². The van der Waals surface area contributed by atoms with Gasteiger partial charge in [-0.3, -0.25) is 4.99 Å². The summed E-state index contributed by atoms with van der Waals surface area (Å²) < 4.78 is 11.1. The molecular weight excluding hydrogens is 336 g/mol. The van der Waals surface area contributed by atoms with Crippen molar-refractivity contribution in [2.24, 2.45) is 4.99 Å². The number of benzene rings is 1. The Labute approximate surface area is 150 Å². The highest BCUT2D eigenvalue weighted by Gasteiger charge is 2.08. The van der Waals surface area contributed by atoms with Crippen LogP contribution in [0.1, 0.15) is 5.69 Å². The highest BCUT2D eigenvalue weighted by atomic mass is 32.1. The molecule has 0 radical (unpaired) electrons. The Balaban J connectivity index is 1.40. The van der Waals surface area contributed by atoms with E-state index in [4.69, 9.17) is 9.15 Å². The first-order valence-electron chi connectivity index (χ1n) is 7.96. The first-order valence-corrected chi connectivity index (χ1v) is 8.84. The van der Waals surface area contributed by atoms with Crippen LogP contribution in [-0.4, -0.2) is 31.1 Å². The van der Waals surface area contributed by atoms with Crippen molar-refractivity contribution < 1.29 is 9.15 Å². The number of rotatable bonds is 7. The summed E-state index contributed by atoms with van der Waals surface area (Å²) in [6, 6.07) is 13.7. The van der Waals surface area contributed by atoms with Crippen molar-refractivity contribution in [1.29, 1.82) is 0 Å². The lowest BCUT2D eigenvalue weighted by molar-refractivity contribution is 0.322. The molecule has 3 aromatic rings. The fourth-order valence-corrected chi connectivity index (χ4v) is 2.81. The number of para-hydroxylation sites is 1. The van der Waals surface area contributed by atoms with Crippen molar-refractivity contribution in [3.8, 4) is 16.5 Å². The fourth-order valence-electron chi connectivity index (χ4n) is 2.15. The van der Waals surface area contributed by atoms with Gasteiger partial charge in [0.25, 0.3) is 0 Å². The maximum atomic E-state index is 5.64. The first kappa shape index (κ1) is 17.0. The van der Waals surface area contributed by atoms with Gasteiger partial charge in [-0.25, -0.2) is 4.98 Å². The molecule has 2 heterocycles. The van der Waals surface area contributed by atoms with Crippen LogP contribution < -0.4 is 15.4 Å². The molecule has 2 N–H and O–H groups in total. The van der Waals surface area contributed by atoms with Gasteiger partial charge in [0, 0.05) is 7.05 Å². The molecule has 0 amide bonds. The third-order valence-corrected chi connectivity index (χ3v) is 4.21. The summed E-state index contributed by atoms with van der Waals surface area (Å²) in [4.78, 5) is 9.68. The van der Waals surface area contributed by atoms with Crippen LogP contribution in [0.5, 0.6) is 5.75 Å². The average Bonchev–Trinajstić information content (AvgIpc) is 3.33. The maximum absolute atomic E-state index is 5.64. The number of ether oxygens (including phenoxy) is 1. The topological polar surface area (TPSA) is 71.7 Å². The molecule has 1 aromatic carbocycles. The van der Waals surface area contributed by atoms with E-state index in [0.29, 0.717) is 31.5 Å². The molecule has 3 rings (SSSR count). The molecule has 6 nitrogen and oxygen atoms in total. The molecule has 0 bridgehead atoms. The van der Waals surface area contributed by atoms with Crippen LogP contribution >= 0.6 is 11.3 Å². The number of aromatic nitrogens is 1. The van der Waals surface area contributed by atoms with Crippen LogP contribution in [0.2, 0.25) is 0 Å². The molecule has 0 aliphatic rings. The number of aliphatic imine (C=N–C) groups is 1. The molecule has 2 aromatic heterocycles. The third kappa shape index (κ3) is 5.09. The van der Waals surface area contributed by atoms with Crippen LogP contribution in [0.3, 0.4) is 0 Å². The second-order valence-electron chi connectivity index (χ2n) is 5.14. The number of hydrogen-bond acceptors (Lipinski definition) is 5. The van der Waals surface area contributed by atoms with Gasteiger partial charge in [-0.15, -0.1) is 11.3 Å². The Morgan fingerprint density at radius 1 is 1.20 bits per heavy atom. The van der Waals surface area contributed by atoms with Gasteiger partial charge in [0.05, 0.1) is 23.7 Å². The number of hydrogen-bond donors (Lipinski definition) is 2. The number of guanidine groups is 1. The summed E-state index contributed by atoms with van der Waals surface area (Å²) in [5.41, 5.74) is 0.826. The maximum Gasteiger partial charge on any atom is 0.236 e. The summed E-state index contributed by atoms with van der Waals surface area (Å²) in [5, 5.41) is 8.41. The molecule has 130 valence electrons. The van der Waals surface area contributed by atoms with Crippen molar-refractivity contribution >= 4 is 17.3 Å². The van der Waals surface area contributed by atoms with Gasteiger partial charge >= 0.3 is 0 Å². The summed E-state index contributed by atoms with van der Waals surface area (Å²) in [6.07, 6.45) is 1.66. The van der Waals surface area contributed by atoms with E-state index in [1.165, 1.54) is 0 Å². The van der Waals surface area contributed by atoms with E-state index in [1.807, 2.05) is 47.8 Å². The van der Waals surface area contributed by atoms with Gasteiger partial charge in [-0.05, 0) is 23.6 Å². The summed E-state index contributed by atoms with van der Waals surface area (Å²) in [7, 11) is 1.73. The van der Waals surface area contributed by atoms with E-state index < -0.39 is 0 Å². The van der Waals surface area contributed by atoms with E-state index in [-0.39, 0.29) is 0 Å². The zero-order valence-corrected chi connectivity index (χ0v) is 14.8. The molecule has 7 heteroatoms. The Hall–Kier alpha value is -2.80. The third-order valence-electron chi connectivity index (χ3n) is 3.35. The summed E-state index contributed by atoms with van der Waals surface area (Å²) >= 11 is 1.60. The number of nitrogens with one attached hydrogen (secondary N) is 2. The Kier molecular flexibility index (Phi) is 6.06. The summed E-state index contributed by atoms with van der Waals surface area (Å²) in [6.45, 7) is 1.74. The normalized spacial score (nSPS) is 11.3. The lowest BCUT2D eigenvalue weighted by Gasteiger charge is -2.11. The predicted molar refractivity (Wildman–Crippen MR) is 100.0 cm³/mol. The highest BCUT2D eigenvalue weighted by Crippen LogP contribution is 2.23. The molecule has 0 saturated heterocycles. The Morgan fingerprint density at radius 3 is 2.84 bits per heavy atom. The van der Waals surface area contributed by atoms with Gasteiger partial charge in [0.15, 0.2) is 5.96 Å². The lowest BCUT2D eigenvalue weighted by atomic mass is 10.3. The van der Waals surface area contributed by atoms with Crippen LogP contribution in [0.4, 0.5) is 0 Å². The van der Waals surface area contributed by atoms with Gasteiger partial charge in [0.1, 0.15) is 18.6 Å². The minimum Gasteiger partial charge on any atom is -0.492 e. The van der Waals surface area contributed by atoms with Gasteiger partial charge in [-0.1, -0.05) is 24.3 Å². The smallest absolute Gasteiger partial charge is 0.236 e. The van der Waals surface area contributed by atoms with Crippen LogP contribution in [-0.2, 0) is 6.54 Å². The van der Waals surface area contributed by atoms with E-state index in [9.17, 15) is 0 Å². The Bertz CT molecular complexity index is 785. The lowest BCUT2D eigenvalue weighted by Crippen LogP contribution is -2.38. The van der Waals surface area contributed by atoms with Crippen molar-refractivity contribution in [3.05, 3.63) is 59.8 Å². The number of oxazole rings is 1. The first-order chi connectivity index (χ1) is 12.3. The minimum atomic E-state index is 0.536. The molecule has 25 heavy (non-hydrogen) atoms. The van der Waals surface area contributed by atoms with Gasteiger partial charge < -0.3 is 19.8 Å². The average molecular weight is 356 g/mol. The quantitative estimate of drug-likeness (QED) is 0.387. The zero-order chi connectivity index (χ0) is 17.3. The Morgan fingerprint density at radius 2 is 2.08 bits per heavy atom. The minimum absolute atomic E-state index is 0.536. The zero-order valence-electron chi connectivity index (χ0n) is 13.9. The molecule has 0 atom stereocenters. The van der Waals surface area contributed by atoms with Gasteiger partial charge in [0.2, 0.25) is 5.89 Å². The monoisotopic (exact) mass is 356 g/mol. The molecule has 0 unspecified atom stereocenters. The molecule has 0 spiro atoms. The second kappa shape index (κ2) is 8.89. The van der Waals surface area contributed by atoms with Crippen molar-refractivity contribution in [3.63, 3.8) is 0 Å². The summed E-state index contributed by atoms with van der Waals surface area (Å²) in [5.74, 6) is 2.19. The van der Waals surface area contributed by atoms with Crippen LogP contribution in [0.15, 0.2) is 63.5 Å². The molecule has 0 aliphatic carbocycles. The highest BCUT2D eigenvalue weighted by molar-refractivity contribution is 7.13. The predicted octanol–water partition coefficient (Wildman–Crippen LogP) is 3.15. The van der Waals surface area contributed by atoms with Crippen LogP contribution in [0, 0.1) is 0 Å². The van der Waals surface area contributed by atoms with Crippen molar-refractivity contribution in [2.75, 3.05) is 20.2 Å². The van der Waals surface area contributed by atoms with Crippen molar-refractivity contribution in [1.82, 2.24) is 15.6 Å².